The number of aryl methyl sites for hydroxylation is 1. The van der Waals surface area contributed by atoms with E-state index in [1.165, 1.54) is 0 Å². The second kappa shape index (κ2) is 5.58. The van der Waals surface area contributed by atoms with Gasteiger partial charge >= 0.3 is 0 Å². The second-order valence-electron chi connectivity index (χ2n) is 4.91. The third kappa shape index (κ3) is 3.06. The van der Waals surface area contributed by atoms with Crippen LogP contribution in [0.3, 0.4) is 0 Å². The predicted molar refractivity (Wildman–Crippen MR) is 82.6 cm³/mol. The number of pyridine rings is 1. The van der Waals surface area contributed by atoms with Crippen molar-refractivity contribution in [1.82, 2.24) is 14.7 Å². The molecule has 0 fully saturated rings. The molecular weight excluding hydrogens is 286 g/mol. The van der Waals surface area contributed by atoms with E-state index < -0.39 is 0 Å². The number of nitrogens with zero attached hydrogens (tertiary/aromatic N) is 2. The van der Waals surface area contributed by atoms with Gasteiger partial charge < -0.3 is 9.72 Å². The summed E-state index contributed by atoms with van der Waals surface area (Å²) in [6.45, 7) is 2.42. The van der Waals surface area contributed by atoms with Crippen molar-refractivity contribution in [3.05, 3.63) is 70.6 Å². The maximum Gasteiger partial charge on any atom is 0.271 e. The van der Waals surface area contributed by atoms with Gasteiger partial charge in [0.25, 0.3) is 5.91 Å². The van der Waals surface area contributed by atoms with E-state index >= 15 is 0 Å². The molecule has 0 bridgehead atoms. The molecule has 0 radical (unpaired) electrons. The first-order valence-electron chi connectivity index (χ1n) is 6.60. The van der Waals surface area contributed by atoms with Crippen LogP contribution in [0.1, 0.15) is 21.6 Å². The fourth-order valence-electron chi connectivity index (χ4n) is 2.11. The first-order valence-corrected chi connectivity index (χ1v) is 6.97. The summed E-state index contributed by atoms with van der Waals surface area (Å²) in [7, 11) is 0. The minimum Gasteiger partial charge on any atom is -0.347 e. The van der Waals surface area contributed by atoms with Crippen LogP contribution in [0.15, 0.2) is 48.8 Å². The molecule has 0 saturated heterocycles. The highest BCUT2D eigenvalue weighted by molar-refractivity contribution is 6.30. The van der Waals surface area contributed by atoms with Gasteiger partial charge in [-0.2, -0.15) is 0 Å². The van der Waals surface area contributed by atoms with Crippen LogP contribution in [0.2, 0.25) is 5.02 Å². The van der Waals surface area contributed by atoms with E-state index in [0.717, 1.165) is 16.8 Å². The fraction of sp³-hybridized carbons (Fsp3) is 0.125. The van der Waals surface area contributed by atoms with E-state index in [-0.39, 0.29) is 5.91 Å². The van der Waals surface area contributed by atoms with E-state index in [9.17, 15) is 4.79 Å². The van der Waals surface area contributed by atoms with Crippen molar-refractivity contribution in [1.29, 1.82) is 0 Å². The van der Waals surface area contributed by atoms with E-state index in [1.807, 2.05) is 47.9 Å². The van der Waals surface area contributed by atoms with Gasteiger partial charge in [-0.25, -0.2) is 4.98 Å². The highest BCUT2D eigenvalue weighted by atomic mass is 35.5. The van der Waals surface area contributed by atoms with Crippen LogP contribution in [0.5, 0.6) is 0 Å². The summed E-state index contributed by atoms with van der Waals surface area (Å²) in [6, 6.07) is 11.3. The molecule has 0 aliphatic carbocycles. The van der Waals surface area contributed by atoms with E-state index in [0.29, 0.717) is 17.3 Å². The number of hydrogen-bond donors (Lipinski definition) is 1. The average Bonchev–Trinajstić information content (AvgIpc) is 2.88. The number of nitrogens with one attached hydrogen (secondary N) is 1. The van der Waals surface area contributed by atoms with Gasteiger partial charge in [-0.15, -0.1) is 0 Å². The van der Waals surface area contributed by atoms with E-state index in [2.05, 4.69) is 10.3 Å². The number of benzene rings is 1. The summed E-state index contributed by atoms with van der Waals surface area (Å²) in [5, 5.41) is 3.50. The first kappa shape index (κ1) is 13.6. The molecule has 5 heteroatoms. The molecule has 21 heavy (non-hydrogen) atoms. The van der Waals surface area contributed by atoms with Crippen molar-refractivity contribution in [2.75, 3.05) is 0 Å². The standard InChI is InChI=1S/C16H14ClN3O/c1-11-5-6-20-10-14(19-15(20)7-11)16(21)18-9-12-3-2-4-13(17)8-12/h2-8,10H,9H2,1H3,(H,18,21). The van der Waals surface area contributed by atoms with Gasteiger partial charge in [-0.3, -0.25) is 4.79 Å². The molecule has 1 amide bonds. The number of aromatic nitrogens is 2. The molecule has 0 unspecified atom stereocenters. The van der Waals surface area contributed by atoms with Crippen molar-refractivity contribution in [3.63, 3.8) is 0 Å². The van der Waals surface area contributed by atoms with Gasteiger partial charge in [-0.1, -0.05) is 23.7 Å². The topological polar surface area (TPSA) is 46.4 Å². The maximum atomic E-state index is 12.1. The van der Waals surface area contributed by atoms with Gasteiger partial charge in [0.1, 0.15) is 11.3 Å². The summed E-state index contributed by atoms with van der Waals surface area (Å²) < 4.78 is 1.83. The molecule has 4 nitrogen and oxygen atoms in total. The van der Waals surface area contributed by atoms with Gasteiger partial charge in [0, 0.05) is 24.0 Å². The summed E-state index contributed by atoms with van der Waals surface area (Å²) >= 11 is 5.92. The Kier molecular flexibility index (Phi) is 3.62. The third-order valence-corrected chi connectivity index (χ3v) is 3.43. The van der Waals surface area contributed by atoms with Crippen LogP contribution in [-0.2, 0) is 6.54 Å². The van der Waals surface area contributed by atoms with Crippen LogP contribution in [-0.4, -0.2) is 15.3 Å². The van der Waals surface area contributed by atoms with Gasteiger partial charge in [0.05, 0.1) is 0 Å². The zero-order valence-electron chi connectivity index (χ0n) is 11.5. The number of carbonyl (C=O) groups excluding carboxylic acids is 1. The van der Waals surface area contributed by atoms with Crippen molar-refractivity contribution in [2.45, 2.75) is 13.5 Å². The summed E-state index contributed by atoms with van der Waals surface area (Å²) in [6.07, 6.45) is 3.62. The molecule has 1 N–H and O–H groups in total. The number of amides is 1. The normalized spacial score (nSPS) is 10.8. The highest BCUT2D eigenvalue weighted by Gasteiger charge is 2.10. The quantitative estimate of drug-likeness (QED) is 0.807. The van der Waals surface area contributed by atoms with Crippen LogP contribution in [0.25, 0.3) is 5.65 Å². The van der Waals surface area contributed by atoms with E-state index in [1.54, 1.807) is 12.3 Å². The molecule has 0 aliphatic heterocycles. The Bertz CT molecular complexity index is 810. The molecule has 1 aromatic carbocycles. The molecule has 3 aromatic rings. The minimum atomic E-state index is -0.198. The smallest absolute Gasteiger partial charge is 0.271 e. The lowest BCUT2D eigenvalue weighted by atomic mass is 10.2. The molecule has 0 atom stereocenters. The average molecular weight is 300 g/mol. The fourth-order valence-corrected chi connectivity index (χ4v) is 2.33. The SMILES string of the molecule is Cc1ccn2cc(C(=O)NCc3cccc(Cl)c3)nc2c1. The molecule has 0 spiro atoms. The Hall–Kier alpha value is -2.33. The van der Waals surface area contributed by atoms with Gasteiger partial charge in [0.2, 0.25) is 0 Å². The number of hydrogen-bond acceptors (Lipinski definition) is 2. The van der Waals surface area contributed by atoms with E-state index in [4.69, 9.17) is 11.6 Å². The zero-order valence-corrected chi connectivity index (χ0v) is 12.3. The Balaban J connectivity index is 1.74. The van der Waals surface area contributed by atoms with Crippen LogP contribution in [0.4, 0.5) is 0 Å². The predicted octanol–water partition coefficient (Wildman–Crippen LogP) is 3.23. The lowest BCUT2D eigenvalue weighted by molar-refractivity contribution is 0.0946. The number of halogens is 1. The minimum absolute atomic E-state index is 0.198. The summed E-state index contributed by atoms with van der Waals surface area (Å²) in [5.41, 5.74) is 3.24. The molecule has 2 heterocycles. The molecule has 106 valence electrons. The van der Waals surface area contributed by atoms with Crippen molar-refractivity contribution >= 4 is 23.2 Å². The van der Waals surface area contributed by atoms with Crippen molar-refractivity contribution in [2.24, 2.45) is 0 Å². The summed E-state index contributed by atoms with van der Waals surface area (Å²) in [4.78, 5) is 16.5. The molecule has 3 rings (SSSR count). The van der Waals surface area contributed by atoms with Crippen LogP contribution < -0.4 is 5.32 Å². The van der Waals surface area contributed by atoms with Crippen LogP contribution >= 0.6 is 11.6 Å². The van der Waals surface area contributed by atoms with Crippen LogP contribution in [0, 0.1) is 6.92 Å². The lowest BCUT2D eigenvalue weighted by Gasteiger charge is -2.03. The van der Waals surface area contributed by atoms with Gasteiger partial charge in [-0.05, 0) is 42.3 Å². The Morgan fingerprint density at radius 2 is 2.19 bits per heavy atom. The number of imidazole rings is 1. The number of carbonyl (C=O) groups is 1. The Labute approximate surface area is 127 Å². The maximum absolute atomic E-state index is 12.1. The van der Waals surface area contributed by atoms with Crippen molar-refractivity contribution < 1.29 is 4.79 Å². The molecular formula is C16H14ClN3O. The lowest BCUT2D eigenvalue weighted by Crippen LogP contribution is -2.23. The molecule has 0 aliphatic rings. The third-order valence-electron chi connectivity index (χ3n) is 3.19. The second-order valence-corrected chi connectivity index (χ2v) is 5.34. The first-order chi connectivity index (χ1) is 10.1. The summed E-state index contributed by atoms with van der Waals surface area (Å²) in [5.74, 6) is -0.198. The number of rotatable bonds is 3. The van der Waals surface area contributed by atoms with Gasteiger partial charge in [0.15, 0.2) is 0 Å². The number of fused-ring (bicyclic) bond motifs is 1. The largest absolute Gasteiger partial charge is 0.347 e. The molecule has 2 aromatic heterocycles. The highest BCUT2D eigenvalue weighted by Crippen LogP contribution is 2.11. The Morgan fingerprint density at radius 1 is 1.33 bits per heavy atom. The zero-order chi connectivity index (χ0) is 14.8. The van der Waals surface area contributed by atoms with Crippen molar-refractivity contribution in [3.8, 4) is 0 Å². The Morgan fingerprint density at radius 3 is 3.00 bits per heavy atom. The monoisotopic (exact) mass is 299 g/mol. The molecule has 0 saturated carbocycles.